The SMILES string of the molecule is COCCN(CC(C)C)c1ccnc(CNC(C)C)c1. The molecule has 1 heterocycles. The van der Waals surface area contributed by atoms with Crippen molar-refractivity contribution in [3.63, 3.8) is 0 Å². The first-order valence-corrected chi connectivity index (χ1v) is 7.45. The summed E-state index contributed by atoms with van der Waals surface area (Å²) in [5.74, 6) is 0.622. The van der Waals surface area contributed by atoms with E-state index in [4.69, 9.17) is 4.74 Å². The molecule has 0 saturated heterocycles. The number of methoxy groups -OCH3 is 1. The van der Waals surface area contributed by atoms with Gasteiger partial charge in [-0.1, -0.05) is 27.7 Å². The van der Waals surface area contributed by atoms with Crippen LogP contribution in [-0.4, -0.2) is 37.8 Å². The van der Waals surface area contributed by atoms with Crippen molar-refractivity contribution < 1.29 is 4.74 Å². The molecule has 1 aromatic heterocycles. The number of nitrogens with one attached hydrogen (secondary N) is 1. The highest BCUT2D eigenvalue weighted by Gasteiger charge is 2.09. The van der Waals surface area contributed by atoms with Gasteiger partial charge in [0, 0.05) is 44.7 Å². The van der Waals surface area contributed by atoms with Crippen molar-refractivity contribution in [1.29, 1.82) is 0 Å². The lowest BCUT2D eigenvalue weighted by Crippen LogP contribution is -2.31. The first-order valence-electron chi connectivity index (χ1n) is 7.45. The van der Waals surface area contributed by atoms with E-state index in [1.54, 1.807) is 7.11 Å². The summed E-state index contributed by atoms with van der Waals surface area (Å²) in [6.45, 7) is 12.3. The van der Waals surface area contributed by atoms with Crippen molar-refractivity contribution in [2.75, 3.05) is 31.7 Å². The van der Waals surface area contributed by atoms with Gasteiger partial charge >= 0.3 is 0 Å². The number of hydrogen-bond donors (Lipinski definition) is 1. The minimum atomic E-state index is 0.473. The van der Waals surface area contributed by atoms with Crippen LogP contribution in [0.15, 0.2) is 18.3 Å². The van der Waals surface area contributed by atoms with E-state index in [0.29, 0.717) is 12.0 Å². The number of pyridine rings is 1. The van der Waals surface area contributed by atoms with Crippen LogP contribution in [0.25, 0.3) is 0 Å². The second-order valence-corrected chi connectivity index (χ2v) is 5.87. The predicted octanol–water partition coefficient (Wildman–Crippen LogP) is 2.69. The van der Waals surface area contributed by atoms with Gasteiger partial charge < -0.3 is 15.0 Å². The Morgan fingerprint density at radius 3 is 2.65 bits per heavy atom. The molecular formula is C16H29N3O. The second-order valence-electron chi connectivity index (χ2n) is 5.87. The van der Waals surface area contributed by atoms with Crippen LogP contribution in [0.5, 0.6) is 0 Å². The topological polar surface area (TPSA) is 37.4 Å². The Morgan fingerprint density at radius 1 is 1.30 bits per heavy atom. The van der Waals surface area contributed by atoms with Gasteiger partial charge in [-0.15, -0.1) is 0 Å². The van der Waals surface area contributed by atoms with Crippen LogP contribution in [-0.2, 0) is 11.3 Å². The highest BCUT2D eigenvalue weighted by atomic mass is 16.5. The molecule has 0 fully saturated rings. The van der Waals surface area contributed by atoms with Crippen LogP contribution in [0.4, 0.5) is 5.69 Å². The molecule has 0 aliphatic rings. The average molecular weight is 279 g/mol. The Bertz CT molecular complexity index is 380. The maximum Gasteiger partial charge on any atom is 0.0637 e. The lowest BCUT2D eigenvalue weighted by Gasteiger charge is -2.26. The Kier molecular flexibility index (Phi) is 7.55. The monoisotopic (exact) mass is 279 g/mol. The van der Waals surface area contributed by atoms with E-state index in [9.17, 15) is 0 Å². The van der Waals surface area contributed by atoms with Gasteiger partial charge in [0.2, 0.25) is 0 Å². The molecule has 20 heavy (non-hydrogen) atoms. The quantitative estimate of drug-likeness (QED) is 0.754. The van der Waals surface area contributed by atoms with Gasteiger partial charge in [-0.25, -0.2) is 0 Å². The second kappa shape index (κ2) is 8.93. The van der Waals surface area contributed by atoms with Crippen molar-refractivity contribution in [2.45, 2.75) is 40.3 Å². The molecule has 0 aliphatic carbocycles. The molecule has 4 heteroatoms. The molecule has 0 spiro atoms. The van der Waals surface area contributed by atoms with Crippen LogP contribution in [0.2, 0.25) is 0 Å². The highest BCUT2D eigenvalue weighted by Crippen LogP contribution is 2.16. The summed E-state index contributed by atoms with van der Waals surface area (Å²) in [6.07, 6.45) is 1.90. The summed E-state index contributed by atoms with van der Waals surface area (Å²) in [5.41, 5.74) is 2.31. The molecule has 0 unspecified atom stereocenters. The normalized spacial score (nSPS) is 11.3. The Morgan fingerprint density at radius 2 is 2.05 bits per heavy atom. The van der Waals surface area contributed by atoms with Crippen molar-refractivity contribution in [1.82, 2.24) is 10.3 Å². The molecule has 1 rings (SSSR count). The summed E-state index contributed by atoms with van der Waals surface area (Å²) >= 11 is 0. The van der Waals surface area contributed by atoms with E-state index in [2.05, 4.69) is 55.0 Å². The van der Waals surface area contributed by atoms with E-state index in [0.717, 1.165) is 31.9 Å². The molecule has 0 aromatic carbocycles. The molecule has 0 aliphatic heterocycles. The van der Waals surface area contributed by atoms with E-state index in [1.807, 2.05) is 6.20 Å². The Labute approximate surface area is 123 Å². The molecule has 0 radical (unpaired) electrons. The molecule has 0 bridgehead atoms. The van der Waals surface area contributed by atoms with E-state index < -0.39 is 0 Å². The van der Waals surface area contributed by atoms with Gasteiger partial charge in [0.05, 0.1) is 12.3 Å². The first kappa shape index (κ1) is 16.9. The standard InChI is InChI=1S/C16H29N3O/c1-13(2)12-19(8-9-20-5)16-6-7-17-15(10-16)11-18-14(3)4/h6-7,10,13-14,18H,8-9,11-12H2,1-5H3. The van der Waals surface area contributed by atoms with Crippen molar-refractivity contribution in [3.05, 3.63) is 24.0 Å². The fourth-order valence-corrected chi connectivity index (χ4v) is 2.04. The van der Waals surface area contributed by atoms with Gasteiger partial charge in [-0.05, 0) is 18.1 Å². The largest absolute Gasteiger partial charge is 0.383 e. The van der Waals surface area contributed by atoms with Crippen molar-refractivity contribution in [3.8, 4) is 0 Å². The smallest absolute Gasteiger partial charge is 0.0637 e. The zero-order valence-corrected chi connectivity index (χ0v) is 13.5. The molecule has 0 amide bonds. The molecule has 0 atom stereocenters. The summed E-state index contributed by atoms with van der Waals surface area (Å²) < 4.78 is 5.21. The number of nitrogens with zero attached hydrogens (tertiary/aromatic N) is 2. The third kappa shape index (κ3) is 6.35. The van der Waals surface area contributed by atoms with E-state index in [-0.39, 0.29) is 0 Å². The molecule has 1 N–H and O–H groups in total. The minimum Gasteiger partial charge on any atom is -0.383 e. The van der Waals surface area contributed by atoms with Gasteiger partial charge in [-0.2, -0.15) is 0 Å². The highest BCUT2D eigenvalue weighted by molar-refractivity contribution is 5.46. The van der Waals surface area contributed by atoms with Crippen molar-refractivity contribution >= 4 is 5.69 Å². The fraction of sp³-hybridized carbons (Fsp3) is 0.688. The fourth-order valence-electron chi connectivity index (χ4n) is 2.04. The van der Waals surface area contributed by atoms with Crippen LogP contribution in [0, 0.1) is 5.92 Å². The lowest BCUT2D eigenvalue weighted by atomic mass is 10.2. The summed E-state index contributed by atoms with van der Waals surface area (Å²) in [5, 5.41) is 3.41. The number of hydrogen-bond acceptors (Lipinski definition) is 4. The third-order valence-electron chi connectivity index (χ3n) is 3.01. The van der Waals surface area contributed by atoms with Crippen LogP contribution in [0.1, 0.15) is 33.4 Å². The first-order chi connectivity index (χ1) is 9.52. The van der Waals surface area contributed by atoms with Crippen LogP contribution >= 0.6 is 0 Å². The number of anilines is 1. The molecule has 114 valence electrons. The number of ether oxygens (including phenoxy) is 1. The summed E-state index contributed by atoms with van der Waals surface area (Å²) in [7, 11) is 1.75. The zero-order valence-electron chi connectivity index (χ0n) is 13.5. The van der Waals surface area contributed by atoms with Gasteiger partial charge in [0.15, 0.2) is 0 Å². The summed E-state index contributed by atoms with van der Waals surface area (Å²) in [4.78, 5) is 6.80. The number of rotatable bonds is 9. The predicted molar refractivity (Wildman–Crippen MR) is 85.1 cm³/mol. The van der Waals surface area contributed by atoms with Gasteiger partial charge in [0.1, 0.15) is 0 Å². The molecular weight excluding hydrogens is 250 g/mol. The Balaban J connectivity index is 2.75. The Hall–Kier alpha value is -1.13. The lowest BCUT2D eigenvalue weighted by molar-refractivity contribution is 0.204. The molecule has 0 saturated carbocycles. The van der Waals surface area contributed by atoms with E-state index in [1.165, 1.54) is 5.69 Å². The van der Waals surface area contributed by atoms with Gasteiger partial charge in [-0.3, -0.25) is 4.98 Å². The zero-order chi connectivity index (χ0) is 15.0. The average Bonchev–Trinajstić information content (AvgIpc) is 2.41. The third-order valence-corrected chi connectivity index (χ3v) is 3.01. The van der Waals surface area contributed by atoms with Crippen LogP contribution in [0.3, 0.4) is 0 Å². The summed E-state index contributed by atoms with van der Waals surface area (Å²) in [6, 6.07) is 4.73. The molecule has 1 aromatic rings. The van der Waals surface area contributed by atoms with E-state index >= 15 is 0 Å². The van der Waals surface area contributed by atoms with Gasteiger partial charge in [0.25, 0.3) is 0 Å². The maximum atomic E-state index is 5.21. The number of aromatic nitrogens is 1. The maximum absolute atomic E-state index is 5.21. The van der Waals surface area contributed by atoms with Crippen molar-refractivity contribution in [2.24, 2.45) is 5.92 Å². The minimum absolute atomic E-state index is 0.473. The van der Waals surface area contributed by atoms with Crippen LogP contribution < -0.4 is 10.2 Å². The molecule has 4 nitrogen and oxygen atoms in total.